The van der Waals surface area contributed by atoms with Crippen molar-refractivity contribution in [2.45, 2.75) is 37.0 Å². The lowest BCUT2D eigenvalue weighted by molar-refractivity contribution is -0.138. The molecule has 4 aromatic rings. The van der Waals surface area contributed by atoms with E-state index in [1.165, 1.54) is 28.8 Å². The lowest BCUT2D eigenvalue weighted by Gasteiger charge is -2.18. The molecule has 0 radical (unpaired) electrons. The number of nitrogens with zero attached hydrogens (tertiary/aromatic N) is 1. The van der Waals surface area contributed by atoms with Crippen molar-refractivity contribution in [3.8, 4) is 0 Å². The van der Waals surface area contributed by atoms with E-state index in [4.69, 9.17) is 11.6 Å². The van der Waals surface area contributed by atoms with Gasteiger partial charge in [-0.25, -0.2) is 8.78 Å². The van der Waals surface area contributed by atoms with Crippen LogP contribution in [0.25, 0.3) is 10.9 Å². The highest BCUT2D eigenvalue weighted by Gasteiger charge is 2.34. The molecule has 2 unspecified atom stereocenters. The number of aromatic nitrogens is 1. The minimum Gasteiger partial charge on any atom is -0.611 e. The molecule has 2 atom stereocenters. The quantitative estimate of drug-likeness (QED) is 0.156. The maximum absolute atomic E-state index is 15.2. The summed E-state index contributed by atoms with van der Waals surface area (Å²) in [5, 5.41) is 12.7. The van der Waals surface area contributed by atoms with Gasteiger partial charge in [0.15, 0.2) is 4.90 Å². The highest BCUT2D eigenvalue weighted by molar-refractivity contribution is 7.91. The van der Waals surface area contributed by atoms with Gasteiger partial charge in [0.25, 0.3) is 5.91 Å². The first kappa shape index (κ1) is 30.8. The third kappa shape index (κ3) is 6.86. The van der Waals surface area contributed by atoms with E-state index in [0.717, 1.165) is 12.1 Å². The molecule has 0 aliphatic heterocycles. The maximum Gasteiger partial charge on any atom is 0.416 e. The van der Waals surface area contributed by atoms with Crippen molar-refractivity contribution in [2.24, 2.45) is 0 Å². The summed E-state index contributed by atoms with van der Waals surface area (Å²) < 4.78 is 83.0. The van der Waals surface area contributed by atoms with Gasteiger partial charge in [-0.3, -0.25) is 4.79 Å². The van der Waals surface area contributed by atoms with Crippen molar-refractivity contribution in [3.63, 3.8) is 0 Å². The van der Waals surface area contributed by atoms with Crippen LogP contribution >= 0.6 is 11.6 Å². The Labute approximate surface area is 241 Å². The van der Waals surface area contributed by atoms with Crippen molar-refractivity contribution in [1.29, 1.82) is 0 Å². The van der Waals surface area contributed by atoms with Gasteiger partial charge in [-0.05, 0) is 71.7 Å². The second-order valence-electron chi connectivity index (χ2n) is 9.26. The number of aliphatic hydroxyl groups excluding tert-OH is 1. The van der Waals surface area contributed by atoms with Crippen molar-refractivity contribution < 1.29 is 36.4 Å². The van der Waals surface area contributed by atoms with Gasteiger partial charge in [-0.2, -0.15) is 13.2 Å². The lowest BCUT2D eigenvalue weighted by atomic mass is 10.0. The van der Waals surface area contributed by atoms with Crippen LogP contribution in [0.4, 0.5) is 22.0 Å². The summed E-state index contributed by atoms with van der Waals surface area (Å²) in [4.78, 5) is 13.6. The smallest absolute Gasteiger partial charge is 0.416 e. The van der Waals surface area contributed by atoms with Crippen LogP contribution in [-0.4, -0.2) is 39.2 Å². The van der Waals surface area contributed by atoms with Gasteiger partial charge in [0.05, 0.1) is 35.8 Å². The lowest BCUT2D eigenvalue weighted by Crippen LogP contribution is -2.31. The van der Waals surface area contributed by atoms with Crippen LogP contribution in [-0.2, 0) is 30.3 Å². The molecule has 1 heterocycles. The zero-order valence-corrected chi connectivity index (χ0v) is 23.3. The number of hydrogen-bond acceptors (Lipinski definition) is 3. The fourth-order valence-electron chi connectivity index (χ4n) is 4.66. The Morgan fingerprint density at radius 1 is 1.12 bits per heavy atom. The highest BCUT2D eigenvalue weighted by atomic mass is 35.5. The zero-order chi connectivity index (χ0) is 29.9. The summed E-state index contributed by atoms with van der Waals surface area (Å²) in [5.41, 5.74) is -0.363. The summed E-state index contributed by atoms with van der Waals surface area (Å²) in [6.45, 7) is 0.199. The molecule has 0 spiro atoms. The number of fused-ring (bicyclic) bond motifs is 1. The fourth-order valence-corrected chi connectivity index (χ4v) is 5.61. The number of nitrogens with one attached hydrogen (secondary N) is 1. The molecule has 0 saturated carbocycles. The first-order chi connectivity index (χ1) is 19.5. The van der Waals surface area contributed by atoms with E-state index < -0.39 is 54.0 Å². The molecule has 218 valence electrons. The Bertz CT molecular complexity index is 1540. The first-order valence-corrected chi connectivity index (χ1v) is 14.3. The van der Waals surface area contributed by atoms with E-state index in [9.17, 15) is 32.0 Å². The van der Waals surface area contributed by atoms with Gasteiger partial charge >= 0.3 is 6.18 Å². The minimum absolute atomic E-state index is 0.0869. The number of hydrogen-bond donors (Lipinski definition) is 2. The summed E-state index contributed by atoms with van der Waals surface area (Å²) >= 11 is 4.60. The predicted octanol–water partition coefficient (Wildman–Crippen LogP) is 6.60. The predicted molar refractivity (Wildman–Crippen MR) is 148 cm³/mol. The molecule has 0 aliphatic rings. The minimum atomic E-state index is -4.68. The van der Waals surface area contributed by atoms with Gasteiger partial charge < -0.3 is 19.5 Å². The average Bonchev–Trinajstić information content (AvgIpc) is 3.26. The molecular weight excluding hydrogens is 587 g/mol. The Hall–Kier alpha value is -3.12. The molecule has 12 heteroatoms. The molecule has 0 aliphatic carbocycles. The standard InChI is InChI=1S/C29H26ClF5N2O3S/c1-2-41(40)22-7-4-17(5-8-22)26(16-38)36-28(39)23-13-19-12-21(37(10-9-31)27(19)15-25(23)32)11-18-3-6-20(30)14-24(18)29(33,34)35/h3-8,12-15,26,38H,2,9-11,16H2,1H3,(H,36,39). The molecule has 0 bridgehead atoms. The van der Waals surface area contributed by atoms with Crippen LogP contribution in [0.3, 0.4) is 0 Å². The van der Waals surface area contributed by atoms with Gasteiger partial charge in [-0.15, -0.1) is 0 Å². The van der Waals surface area contributed by atoms with Gasteiger partial charge in [0.2, 0.25) is 0 Å². The van der Waals surface area contributed by atoms with Crippen molar-refractivity contribution in [3.05, 3.63) is 99.5 Å². The van der Waals surface area contributed by atoms with E-state index in [1.807, 2.05) is 0 Å². The first-order valence-electron chi connectivity index (χ1n) is 12.6. The van der Waals surface area contributed by atoms with E-state index in [1.54, 1.807) is 31.2 Å². The molecule has 1 amide bonds. The summed E-state index contributed by atoms with van der Waals surface area (Å²) in [6.07, 6.45) is -4.92. The van der Waals surface area contributed by atoms with E-state index in [-0.39, 0.29) is 34.6 Å². The van der Waals surface area contributed by atoms with Gasteiger partial charge in [0, 0.05) is 22.5 Å². The number of carbonyl (C=O) groups excluding carboxylic acids is 1. The van der Waals surface area contributed by atoms with Crippen molar-refractivity contribution in [2.75, 3.05) is 19.0 Å². The zero-order valence-electron chi connectivity index (χ0n) is 21.8. The number of amides is 1. The van der Waals surface area contributed by atoms with Crippen molar-refractivity contribution >= 4 is 39.6 Å². The molecule has 0 fully saturated rings. The van der Waals surface area contributed by atoms with Crippen LogP contribution in [0.2, 0.25) is 5.02 Å². The topological polar surface area (TPSA) is 77.3 Å². The molecule has 3 aromatic carbocycles. The molecule has 4 rings (SSSR count). The number of aliphatic hydroxyl groups is 1. The molecule has 1 aromatic heterocycles. The largest absolute Gasteiger partial charge is 0.611 e. The second-order valence-corrected chi connectivity index (χ2v) is 11.4. The Morgan fingerprint density at radius 2 is 1.83 bits per heavy atom. The van der Waals surface area contributed by atoms with Crippen molar-refractivity contribution in [1.82, 2.24) is 9.88 Å². The van der Waals surface area contributed by atoms with E-state index in [2.05, 4.69) is 5.32 Å². The van der Waals surface area contributed by atoms with Crippen LogP contribution in [0.5, 0.6) is 0 Å². The number of aryl methyl sites for hydroxylation is 1. The molecular formula is C29H26ClF5N2O3S. The van der Waals surface area contributed by atoms with E-state index in [0.29, 0.717) is 27.3 Å². The number of halogens is 6. The van der Waals surface area contributed by atoms with Crippen LogP contribution in [0.1, 0.15) is 45.7 Å². The Balaban J connectivity index is 1.66. The molecule has 0 saturated heterocycles. The van der Waals surface area contributed by atoms with Gasteiger partial charge in [0.1, 0.15) is 18.2 Å². The van der Waals surface area contributed by atoms with Crippen LogP contribution < -0.4 is 5.32 Å². The Morgan fingerprint density at radius 3 is 2.44 bits per heavy atom. The summed E-state index contributed by atoms with van der Waals surface area (Å²) in [5.74, 6) is -1.33. The third-order valence-electron chi connectivity index (χ3n) is 6.67. The number of alkyl halides is 4. The Kier molecular flexibility index (Phi) is 9.63. The van der Waals surface area contributed by atoms with Crippen LogP contribution in [0.15, 0.2) is 65.6 Å². The average molecular weight is 613 g/mol. The summed E-state index contributed by atoms with van der Waals surface area (Å²) in [7, 11) is 0. The third-order valence-corrected chi connectivity index (χ3v) is 8.23. The normalized spacial score (nSPS) is 13.4. The fraction of sp³-hybridized carbons (Fsp3) is 0.276. The van der Waals surface area contributed by atoms with E-state index >= 15 is 4.39 Å². The number of carbonyl (C=O) groups is 1. The monoisotopic (exact) mass is 612 g/mol. The SMILES string of the molecule is CC[S+]([O-])c1ccc(C(CO)NC(=O)c2cc3cc(Cc4ccc(Cl)cc4C(F)(F)F)n(CCF)c3cc2F)cc1. The molecule has 5 nitrogen and oxygen atoms in total. The maximum atomic E-state index is 15.2. The molecule has 2 N–H and O–H groups in total. The summed E-state index contributed by atoms with van der Waals surface area (Å²) in [6, 6.07) is 12.7. The van der Waals surface area contributed by atoms with Crippen LogP contribution in [0, 0.1) is 5.82 Å². The van der Waals surface area contributed by atoms with Gasteiger partial charge in [-0.1, -0.05) is 29.8 Å². The number of benzene rings is 3. The second kappa shape index (κ2) is 12.8. The number of rotatable bonds is 10. The highest BCUT2D eigenvalue weighted by Crippen LogP contribution is 2.36. The molecule has 41 heavy (non-hydrogen) atoms.